The van der Waals surface area contributed by atoms with E-state index in [2.05, 4.69) is 10.3 Å². The first-order chi connectivity index (χ1) is 11.9. The number of rotatable bonds is 6. The number of aryl methyl sites for hydroxylation is 1. The van der Waals surface area contributed by atoms with Crippen molar-refractivity contribution < 1.29 is 8.42 Å². The van der Waals surface area contributed by atoms with Gasteiger partial charge in [0.1, 0.15) is 15.7 Å². The van der Waals surface area contributed by atoms with E-state index in [0.717, 1.165) is 49.2 Å². The lowest BCUT2D eigenvalue weighted by molar-refractivity contribution is 0.560. The molecule has 0 saturated heterocycles. The average Bonchev–Trinajstić information content (AvgIpc) is 3.15. The fourth-order valence-corrected chi connectivity index (χ4v) is 5.09. The monoisotopic (exact) mass is 358 g/mol. The Hall–Kier alpha value is -2.02. The van der Waals surface area contributed by atoms with Crippen molar-refractivity contribution in [2.75, 3.05) is 23.9 Å². The summed E-state index contributed by atoms with van der Waals surface area (Å²) in [6.07, 6.45) is 9.75. The maximum atomic E-state index is 11.7. The highest BCUT2D eigenvalue weighted by Gasteiger charge is 2.45. The van der Waals surface area contributed by atoms with Gasteiger partial charge in [-0.1, -0.05) is 0 Å². The van der Waals surface area contributed by atoms with Crippen molar-refractivity contribution in [2.45, 2.75) is 32.1 Å². The molecular weight excluding hydrogens is 336 g/mol. The van der Waals surface area contributed by atoms with Crippen LogP contribution in [0.15, 0.2) is 24.5 Å². The molecule has 0 bridgehead atoms. The van der Waals surface area contributed by atoms with Crippen molar-refractivity contribution in [3.8, 4) is 11.4 Å². The standard InChI is InChI=1S/C18H22N4O2S/c1-25(23,24)12-18(7-8-18)11-20-17-14-3-2-4-15(14)21-16(22-17)13-5-9-19-10-6-13/h5-6,9-10H,2-4,7-8,11-12H2,1H3,(H,20,21,22). The minimum absolute atomic E-state index is 0.124. The average molecular weight is 358 g/mol. The highest BCUT2D eigenvalue weighted by atomic mass is 32.2. The normalized spacial score (nSPS) is 18.0. The number of sulfone groups is 1. The van der Waals surface area contributed by atoms with Crippen LogP contribution in [0, 0.1) is 5.41 Å². The molecule has 0 unspecified atom stereocenters. The number of nitrogens with zero attached hydrogens (tertiary/aromatic N) is 3. The molecule has 0 atom stereocenters. The molecule has 25 heavy (non-hydrogen) atoms. The van der Waals surface area contributed by atoms with E-state index >= 15 is 0 Å². The number of pyridine rings is 1. The Morgan fingerprint density at radius 2 is 1.92 bits per heavy atom. The Kier molecular flexibility index (Phi) is 3.98. The van der Waals surface area contributed by atoms with Crippen LogP contribution in [0.3, 0.4) is 0 Å². The van der Waals surface area contributed by atoms with Gasteiger partial charge < -0.3 is 5.32 Å². The van der Waals surface area contributed by atoms with Crippen LogP contribution in [0.25, 0.3) is 11.4 Å². The van der Waals surface area contributed by atoms with E-state index in [1.54, 1.807) is 12.4 Å². The summed E-state index contributed by atoms with van der Waals surface area (Å²) in [7, 11) is -2.97. The van der Waals surface area contributed by atoms with Gasteiger partial charge in [-0.2, -0.15) is 0 Å². The molecule has 1 fully saturated rings. The summed E-state index contributed by atoms with van der Waals surface area (Å²) in [4.78, 5) is 13.5. The summed E-state index contributed by atoms with van der Waals surface area (Å²) in [5.74, 6) is 1.82. The van der Waals surface area contributed by atoms with Gasteiger partial charge in [-0.25, -0.2) is 18.4 Å². The molecule has 2 heterocycles. The van der Waals surface area contributed by atoms with Crippen molar-refractivity contribution in [3.63, 3.8) is 0 Å². The smallest absolute Gasteiger partial charge is 0.161 e. The second-order valence-corrected chi connectivity index (χ2v) is 9.47. The summed E-state index contributed by atoms with van der Waals surface area (Å²) in [6.45, 7) is 0.652. The number of hydrogen-bond acceptors (Lipinski definition) is 6. The van der Waals surface area contributed by atoms with E-state index in [4.69, 9.17) is 9.97 Å². The van der Waals surface area contributed by atoms with E-state index in [-0.39, 0.29) is 11.2 Å². The topological polar surface area (TPSA) is 84.8 Å². The Morgan fingerprint density at radius 3 is 2.60 bits per heavy atom. The van der Waals surface area contributed by atoms with Crippen molar-refractivity contribution in [1.29, 1.82) is 0 Å². The maximum Gasteiger partial charge on any atom is 0.161 e. The molecule has 2 aliphatic rings. The van der Waals surface area contributed by atoms with E-state index < -0.39 is 9.84 Å². The molecule has 2 aliphatic carbocycles. The number of anilines is 1. The molecule has 6 nitrogen and oxygen atoms in total. The summed E-state index contributed by atoms with van der Waals surface area (Å²) < 4.78 is 23.3. The van der Waals surface area contributed by atoms with Crippen LogP contribution < -0.4 is 5.32 Å². The second kappa shape index (κ2) is 6.05. The Labute approximate surface area is 148 Å². The summed E-state index contributed by atoms with van der Waals surface area (Å²) in [5.41, 5.74) is 3.12. The minimum Gasteiger partial charge on any atom is -0.369 e. The molecule has 132 valence electrons. The Balaban J connectivity index is 1.60. The van der Waals surface area contributed by atoms with Gasteiger partial charge in [0.2, 0.25) is 0 Å². The van der Waals surface area contributed by atoms with Gasteiger partial charge >= 0.3 is 0 Å². The molecular formula is C18H22N4O2S. The predicted molar refractivity (Wildman–Crippen MR) is 97.2 cm³/mol. The lowest BCUT2D eigenvalue weighted by Gasteiger charge is -2.17. The van der Waals surface area contributed by atoms with Gasteiger partial charge in [-0.3, -0.25) is 4.98 Å². The highest BCUT2D eigenvalue weighted by Crippen LogP contribution is 2.47. The summed E-state index contributed by atoms with van der Waals surface area (Å²) in [6, 6.07) is 3.82. The summed E-state index contributed by atoms with van der Waals surface area (Å²) >= 11 is 0. The summed E-state index contributed by atoms with van der Waals surface area (Å²) in [5, 5.41) is 3.45. The van der Waals surface area contributed by atoms with Crippen LogP contribution in [0.2, 0.25) is 0 Å². The molecule has 0 radical (unpaired) electrons. The lowest BCUT2D eigenvalue weighted by atomic mass is 10.1. The van der Waals surface area contributed by atoms with Crippen LogP contribution in [0.1, 0.15) is 30.5 Å². The van der Waals surface area contributed by atoms with E-state index in [0.29, 0.717) is 12.4 Å². The molecule has 1 N–H and O–H groups in total. The van der Waals surface area contributed by atoms with Crippen LogP contribution in [0.5, 0.6) is 0 Å². The third-order valence-electron chi connectivity index (χ3n) is 5.03. The highest BCUT2D eigenvalue weighted by molar-refractivity contribution is 7.90. The molecule has 0 aliphatic heterocycles. The van der Waals surface area contributed by atoms with Gasteiger partial charge in [0, 0.05) is 47.4 Å². The number of hydrogen-bond donors (Lipinski definition) is 1. The quantitative estimate of drug-likeness (QED) is 0.853. The number of nitrogens with one attached hydrogen (secondary N) is 1. The third-order valence-corrected chi connectivity index (χ3v) is 6.16. The van der Waals surface area contributed by atoms with Crippen molar-refractivity contribution in [1.82, 2.24) is 15.0 Å². The second-order valence-electron chi connectivity index (χ2n) is 7.33. The molecule has 7 heteroatoms. The van der Waals surface area contributed by atoms with Gasteiger partial charge in [0.15, 0.2) is 5.82 Å². The molecule has 0 aromatic carbocycles. The Bertz CT molecular complexity index is 893. The SMILES string of the molecule is CS(=O)(=O)CC1(CNc2nc(-c3ccncc3)nc3c2CCC3)CC1. The van der Waals surface area contributed by atoms with Crippen molar-refractivity contribution in [2.24, 2.45) is 5.41 Å². The molecule has 1 saturated carbocycles. The molecule has 4 rings (SSSR count). The predicted octanol–water partition coefficient (Wildman–Crippen LogP) is 2.26. The largest absolute Gasteiger partial charge is 0.369 e. The molecule has 0 spiro atoms. The molecule has 2 aromatic rings. The van der Waals surface area contributed by atoms with Crippen LogP contribution in [-0.2, 0) is 22.7 Å². The fourth-order valence-electron chi connectivity index (χ4n) is 3.59. The van der Waals surface area contributed by atoms with E-state index in [1.807, 2.05) is 12.1 Å². The van der Waals surface area contributed by atoms with Gasteiger partial charge in [0.05, 0.1) is 5.75 Å². The van der Waals surface area contributed by atoms with Gasteiger partial charge in [-0.15, -0.1) is 0 Å². The minimum atomic E-state index is -2.97. The number of aromatic nitrogens is 3. The van der Waals surface area contributed by atoms with Crippen LogP contribution in [0.4, 0.5) is 5.82 Å². The molecule has 0 amide bonds. The number of fused-ring (bicyclic) bond motifs is 1. The Morgan fingerprint density at radius 1 is 1.16 bits per heavy atom. The van der Waals surface area contributed by atoms with E-state index in [1.165, 1.54) is 11.8 Å². The maximum absolute atomic E-state index is 11.7. The fraction of sp³-hybridized carbons (Fsp3) is 0.500. The van der Waals surface area contributed by atoms with Gasteiger partial charge in [0.25, 0.3) is 0 Å². The van der Waals surface area contributed by atoms with E-state index in [9.17, 15) is 8.42 Å². The first-order valence-corrected chi connectivity index (χ1v) is 10.7. The van der Waals surface area contributed by atoms with Crippen molar-refractivity contribution >= 4 is 15.7 Å². The van der Waals surface area contributed by atoms with Crippen LogP contribution in [-0.4, -0.2) is 41.9 Å². The zero-order valence-corrected chi connectivity index (χ0v) is 15.1. The lowest BCUT2D eigenvalue weighted by Crippen LogP contribution is -2.25. The van der Waals surface area contributed by atoms with Gasteiger partial charge in [-0.05, 0) is 44.2 Å². The first kappa shape index (κ1) is 16.4. The van der Waals surface area contributed by atoms with Crippen LogP contribution >= 0.6 is 0 Å². The first-order valence-electron chi connectivity index (χ1n) is 8.66. The molecule has 2 aromatic heterocycles. The van der Waals surface area contributed by atoms with Crippen molar-refractivity contribution in [3.05, 3.63) is 35.8 Å². The zero-order valence-electron chi connectivity index (χ0n) is 14.3. The third kappa shape index (κ3) is 3.66. The zero-order chi connectivity index (χ0) is 17.5.